The van der Waals surface area contributed by atoms with Crippen LogP contribution >= 0.6 is 0 Å². The van der Waals surface area contributed by atoms with Crippen LogP contribution < -0.4 is 14.8 Å². The van der Waals surface area contributed by atoms with Crippen molar-refractivity contribution in [3.63, 3.8) is 0 Å². The Morgan fingerprint density at radius 3 is 2.47 bits per heavy atom. The number of hydrogen-bond acceptors (Lipinski definition) is 6. The van der Waals surface area contributed by atoms with Crippen LogP contribution in [-0.4, -0.2) is 31.4 Å². The molecule has 0 bridgehead atoms. The van der Waals surface area contributed by atoms with Crippen molar-refractivity contribution in [2.75, 3.05) is 11.8 Å². The van der Waals surface area contributed by atoms with Gasteiger partial charge in [0.25, 0.3) is 15.9 Å². The van der Waals surface area contributed by atoms with Crippen LogP contribution in [0.25, 0.3) is 0 Å². The van der Waals surface area contributed by atoms with Crippen molar-refractivity contribution in [1.29, 1.82) is 0 Å². The van der Waals surface area contributed by atoms with E-state index in [2.05, 4.69) is 20.0 Å². The predicted octanol–water partition coefficient (Wildman–Crippen LogP) is 2.83. The SMILES string of the molecule is COc1ccc(NS(=O)(=O)c2ccc(C)c(C(=O)NCc3ccnc(C)n3)c2)cc1. The van der Waals surface area contributed by atoms with E-state index in [-0.39, 0.29) is 22.9 Å². The molecule has 0 radical (unpaired) electrons. The van der Waals surface area contributed by atoms with E-state index >= 15 is 0 Å². The maximum atomic E-state index is 12.8. The van der Waals surface area contributed by atoms with Gasteiger partial charge in [0.05, 0.1) is 24.2 Å². The highest BCUT2D eigenvalue weighted by Gasteiger charge is 2.18. The Hall–Kier alpha value is -3.46. The summed E-state index contributed by atoms with van der Waals surface area (Å²) in [5, 5.41) is 2.77. The largest absolute Gasteiger partial charge is 0.497 e. The monoisotopic (exact) mass is 426 g/mol. The van der Waals surface area contributed by atoms with Gasteiger partial charge in [0, 0.05) is 17.4 Å². The molecule has 156 valence electrons. The maximum absolute atomic E-state index is 12.8. The molecule has 30 heavy (non-hydrogen) atoms. The van der Waals surface area contributed by atoms with Gasteiger partial charge in [-0.3, -0.25) is 9.52 Å². The smallest absolute Gasteiger partial charge is 0.261 e. The van der Waals surface area contributed by atoms with E-state index in [1.165, 1.54) is 19.2 Å². The maximum Gasteiger partial charge on any atom is 0.261 e. The van der Waals surface area contributed by atoms with E-state index in [1.807, 2.05) is 0 Å². The van der Waals surface area contributed by atoms with Crippen molar-refractivity contribution >= 4 is 21.6 Å². The molecule has 0 unspecified atom stereocenters. The average Bonchev–Trinajstić information content (AvgIpc) is 2.72. The first-order valence-corrected chi connectivity index (χ1v) is 10.6. The molecule has 8 nitrogen and oxygen atoms in total. The van der Waals surface area contributed by atoms with E-state index in [0.717, 1.165) is 0 Å². The Balaban J connectivity index is 1.78. The van der Waals surface area contributed by atoms with Gasteiger partial charge in [-0.25, -0.2) is 18.4 Å². The second-order valence-corrected chi connectivity index (χ2v) is 8.27. The number of sulfonamides is 1. The number of hydrogen-bond donors (Lipinski definition) is 2. The molecule has 1 heterocycles. The number of carbonyl (C=O) groups excluding carboxylic acids is 1. The Labute approximate surface area is 175 Å². The molecule has 0 aliphatic carbocycles. The summed E-state index contributed by atoms with van der Waals surface area (Å²) in [4.78, 5) is 20.9. The van der Waals surface area contributed by atoms with Gasteiger partial charge < -0.3 is 10.1 Å². The Bertz CT molecular complexity index is 1160. The number of ether oxygens (including phenoxy) is 1. The number of carbonyl (C=O) groups is 1. The third-order valence-electron chi connectivity index (χ3n) is 4.37. The average molecular weight is 426 g/mol. The summed E-state index contributed by atoms with van der Waals surface area (Å²) in [6, 6.07) is 12.6. The number of methoxy groups -OCH3 is 1. The van der Waals surface area contributed by atoms with Crippen LogP contribution in [0.2, 0.25) is 0 Å². The molecule has 0 aliphatic heterocycles. The predicted molar refractivity (Wildman–Crippen MR) is 113 cm³/mol. The van der Waals surface area contributed by atoms with E-state index in [4.69, 9.17) is 4.74 Å². The highest BCUT2D eigenvalue weighted by molar-refractivity contribution is 7.92. The zero-order valence-electron chi connectivity index (χ0n) is 16.8. The summed E-state index contributed by atoms with van der Waals surface area (Å²) >= 11 is 0. The van der Waals surface area contributed by atoms with Crippen molar-refractivity contribution in [3.05, 3.63) is 77.4 Å². The lowest BCUT2D eigenvalue weighted by atomic mass is 10.1. The van der Waals surface area contributed by atoms with Gasteiger partial charge in [-0.1, -0.05) is 6.07 Å². The lowest BCUT2D eigenvalue weighted by molar-refractivity contribution is 0.0949. The van der Waals surface area contributed by atoms with Crippen molar-refractivity contribution in [2.24, 2.45) is 0 Å². The van der Waals surface area contributed by atoms with Gasteiger partial charge in [0.15, 0.2) is 0 Å². The minimum absolute atomic E-state index is 0.00745. The van der Waals surface area contributed by atoms with Crippen LogP contribution in [0, 0.1) is 13.8 Å². The number of benzene rings is 2. The summed E-state index contributed by atoms with van der Waals surface area (Å²) in [7, 11) is -2.34. The lowest BCUT2D eigenvalue weighted by Crippen LogP contribution is -2.25. The van der Waals surface area contributed by atoms with Crippen LogP contribution in [0.3, 0.4) is 0 Å². The minimum atomic E-state index is -3.87. The Morgan fingerprint density at radius 2 is 1.80 bits per heavy atom. The molecule has 3 rings (SSSR count). The summed E-state index contributed by atoms with van der Waals surface area (Å²) in [5.74, 6) is 0.840. The minimum Gasteiger partial charge on any atom is -0.497 e. The first kappa shape index (κ1) is 21.3. The number of amides is 1. The van der Waals surface area contributed by atoms with Gasteiger partial charge in [-0.2, -0.15) is 0 Å². The lowest BCUT2D eigenvalue weighted by Gasteiger charge is -2.12. The van der Waals surface area contributed by atoms with Gasteiger partial charge in [-0.15, -0.1) is 0 Å². The molecule has 2 aromatic carbocycles. The first-order valence-electron chi connectivity index (χ1n) is 9.13. The molecule has 1 amide bonds. The van der Waals surface area contributed by atoms with E-state index in [1.54, 1.807) is 56.4 Å². The third-order valence-corrected chi connectivity index (χ3v) is 5.75. The second kappa shape index (κ2) is 8.91. The van der Waals surface area contributed by atoms with Gasteiger partial charge >= 0.3 is 0 Å². The van der Waals surface area contributed by atoms with Crippen molar-refractivity contribution in [2.45, 2.75) is 25.3 Å². The van der Waals surface area contributed by atoms with Crippen molar-refractivity contribution in [3.8, 4) is 5.75 Å². The van der Waals surface area contributed by atoms with Gasteiger partial charge in [0.1, 0.15) is 11.6 Å². The molecule has 0 spiro atoms. The fourth-order valence-electron chi connectivity index (χ4n) is 2.76. The summed E-state index contributed by atoms with van der Waals surface area (Å²) in [5.41, 5.74) is 1.99. The van der Waals surface area contributed by atoms with E-state index < -0.39 is 10.0 Å². The number of aryl methyl sites for hydroxylation is 2. The van der Waals surface area contributed by atoms with Gasteiger partial charge in [-0.05, 0) is 61.9 Å². The number of rotatable bonds is 7. The molecule has 0 saturated carbocycles. The summed E-state index contributed by atoms with van der Waals surface area (Å²) in [6.07, 6.45) is 1.62. The third kappa shape index (κ3) is 5.12. The first-order chi connectivity index (χ1) is 14.3. The topological polar surface area (TPSA) is 110 Å². The molecule has 2 N–H and O–H groups in total. The number of anilines is 1. The Kier molecular flexibility index (Phi) is 6.31. The second-order valence-electron chi connectivity index (χ2n) is 6.59. The molecule has 1 aromatic heterocycles. The number of nitrogens with zero attached hydrogens (tertiary/aromatic N) is 2. The Morgan fingerprint density at radius 1 is 1.07 bits per heavy atom. The molecule has 0 aliphatic rings. The number of nitrogens with one attached hydrogen (secondary N) is 2. The normalized spacial score (nSPS) is 11.0. The highest BCUT2D eigenvalue weighted by atomic mass is 32.2. The van der Waals surface area contributed by atoms with Crippen molar-refractivity contribution < 1.29 is 17.9 Å². The van der Waals surface area contributed by atoms with Crippen molar-refractivity contribution in [1.82, 2.24) is 15.3 Å². The van der Waals surface area contributed by atoms with Crippen LogP contribution in [0.15, 0.2) is 59.6 Å². The van der Waals surface area contributed by atoms with Crippen LogP contribution in [0.5, 0.6) is 5.75 Å². The standard InChI is InChI=1S/C21H22N4O4S/c1-14-4-9-19(30(27,28)25-16-5-7-18(29-3)8-6-16)12-20(14)21(26)23-13-17-10-11-22-15(2)24-17/h4-12,25H,13H2,1-3H3,(H,23,26). The molecule has 0 saturated heterocycles. The number of aromatic nitrogens is 2. The van der Waals surface area contributed by atoms with E-state index in [9.17, 15) is 13.2 Å². The zero-order valence-corrected chi connectivity index (χ0v) is 17.7. The highest BCUT2D eigenvalue weighted by Crippen LogP contribution is 2.21. The van der Waals surface area contributed by atoms with Crippen LogP contribution in [-0.2, 0) is 16.6 Å². The molecule has 0 atom stereocenters. The fourth-order valence-corrected chi connectivity index (χ4v) is 3.84. The fraction of sp³-hybridized carbons (Fsp3) is 0.190. The van der Waals surface area contributed by atoms with Gasteiger partial charge in [0.2, 0.25) is 0 Å². The van der Waals surface area contributed by atoms with E-state index in [0.29, 0.717) is 28.5 Å². The zero-order chi connectivity index (χ0) is 21.7. The summed E-state index contributed by atoms with van der Waals surface area (Å²) < 4.78 is 33.1. The quantitative estimate of drug-likeness (QED) is 0.601. The molecule has 9 heteroatoms. The molecule has 3 aromatic rings. The molecular weight excluding hydrogens is 404 g/mol. The van der Waals surface area contributed by atoms with Crippen LogP contribution in [0.1, 0.15) is 27.4 Å². The summed E-state index contributed by atoms with van der Waals surface area (Å²) in [6.45, 7) is 3.72. The van der Waals surface area contributed by atoms with Crippen LogP contribution in [0.4, 0.5) is 5.69 Å². The molecule has 0 fully saturated rings. The molecular formula is C21H22N4O4S.